The van der Waals surface area contributed by atoms with Gasteiger partial charge in [0.25, 0.3) is 0 Å². The van der Waals surface area contributed by atoms with E-state index in [2.05, 4.69) is 34.6 Å². The van der Waals surface area contributed by atoms with Crippen LogP contribution in [0, 0.1) is 11.8 Å². The molecule has 0 aromatic rings. The third-order valence-electron chi connectivity index (χ3n) is 12.5. The van der Waals surface area contributed by atoms with Crippen molar-refractivity contribution >= 4 is 17.9 Å². The highest BCUT2D eigenvalue weighted by Gasteiger charge is 2.19. The maximum atomic E-state index is 12.7. The first-order valence-corrected chi connectivity index (χ1v) is 27.2. The van der Waals surface area contributed by atoms with E-state index in [1.165, 1.54) is 193 Å². The summed E-state index contributed by atoms with van der Waals surface area (Å²) in [6, 6.07) is 0. The van der Waals surface area contributed by atoms with Crippen molar-refractivity contribution in [2.24, 2.45) is 11.8 Å². The molecule has 6 heteroatoms. The number of unbranched alkanes of at least 4 members (excludes halogenated alkanes) is 34. The van der Waals surface area contributed by atoms with Gasteiger partial charge in [0, 0.05) is 19.3 Å². The van der Waals surface area contributed by atoms with Crippen LogP contribution in [0.2, 0.25) is 0 Å². The number of hydrogen-bond donors (Lipinski definition) is 0. The fourth-order valence-electron chi connectivity index (χ4n) is 8.34. The van der Waals surface area contributed by atoms with Gasteiger partial charge in [-0.25, -0.2) is 0 Å². The van der Waals surface area contributed by atoms with Gasteiger partial charge >= 0.3 is 17.9 Å². The smallest absolute Gasteiger partial charge is 0.306 e. The molecule has 0 aliphatic heterocycles. The van der Waals surface area contributed by atoms with Crippen LogP contribution in [0.1, 0.15) is 304 Å². The van der Waals surface area contributed by atoms with Gasteiger partial charge in [-0.15, -0.1) is 0 Å². The molecule has 362 valence electrons. The van der Waals surface area contributed by atoms with Gasteiger partial charge in [-0.1, -0.05) is 266 Å². The molecular weight excluding hydrogens is 757 g/mol. The minimum atomic E-state index is -0.762. The Morgan fingerprint density at radius 1 is 0.311 bits per heavy atom. The molecule has 0 amide bonds. The molecular formula is C55H106O6. The highest BCUT2D eigenvalue weighted by Crippen LogP contribution is 2.18. The average Bonchev–Trinajstić information content (AvgIpc) is 3.23. The molecule has 0 saturated heterocycles. The van der Waals surface area contributed by atoms with Crippen molar-refractivity contribution in [2.45, 2.75) is 310 Å². The quantitative estimate of drug-likeness (QED) is 0.0344. The van der Waals surface area contributed by atoms with Crippen LogP contribution < -0.4 is 0 Å². The maximum absolute atomic E-state index is 12.7. The summed E-state index contributed by atoms with van der Waals surface area (Å²) in [6.07, 6.45) is 49.7. The van der Waals surface area contributed by atoms with Crippen molar-refractivity contribution in [3.63, 3.8) is 0 Å². The molecule has 61 heavy (non-hydrogen) atoms. The SMILES string of the molecule is CCCCCCCCCCCCCCCC(=O)OC[C@H](COC(=O)CCCCCCCCCCCCCCCCCCCCC(C)C)OC(=O)CCCCCCCCC(C)C. The first-order chi connectivity index (χ1) is 29.7. The van der Waals surface area contributed by atoms with E-state index in [4.69, 9.17) is 14.2 Å². The van der Waals surface area contributed by atoms with Crippen LogP contribution in [0.25, 0.3) is 0 Å². The molecule has 0 aliphatic rings. The standard InChI is InChI=1S/C55H106O6/c1-6-7-8-9-10-11-12-19-23-26-29-35-40-45-53(56)59-48-52(61-55(58)47-42-37-32-31-34-39-44-51(4)5)49-60-54(57)46-41-36-30-27-24-21-18-16-14-13-15-17-20-22-25-28-33-38-43-50(2)3/h50-52H,6-49H2,1-5H3/t52-/m1/s1. The third kappa shape index (κ3) is 49.3. The van der Waals surface area contributed by atoms with Crippen LogP contribution in [0.3, 0.4) is 0 Å². The summed E-state index contributed by atoms with van der Waals surface area (Å²) >= 11 is 0. The minimum absolute atomic E-state index is 0.0644. The number of esters is 3. The summed E-state index contributed by atoms with van der Waals surface area (Å²) in [5.74, 6) is 0.768. The Balaban J connectivity index is 4.16. The predicted octanol–water partition coefficient (Wildman–Crippen LogP) is 17.7. The number of hydrogen-bond acceptors (Lipinski definition) is 6. The molecule has 0 aromatic heterocycles. The largest absolute Gasteiger partial charge is 0.462 e. The van der Waals surface area contributed by atoms with Crippen molar-refractivity contribution in [1.29, 1.82) is 0 Å². The molecule has 0 fully saturated rings. The van der Waals surface area contributed by atoms with Gasteiger partial charge in [0.05, 0.1) is 0 Å². The summed E-state index contributed by atoms with van der Waals surface area (Å²) in [6.45, 7) is 11.3. The minimum Gasteiger partial charge on any atom is -0.462 e. The Hall–Kier alpha value is -1.59. The fraction of sp³-hybridized carbons (Fsp3) is 0.945. The number of rotatable bonds is 49. The normalized spacial score (nSPS) is 12.0. The second kappa shape index (κ2) is 47.9. The number of carbonyl (C=O) groups is 3. The molecule has 0 spiro atoms. The van der Waals surface area contributed by atoms with E-state index < -0.39 is 6.10 Å². The van der Waals surface area contributed by atoms with E-state index in [0.717, 1.165) is 69.6 Å². The molecule has 0 saturated carbocycles. The van der Waals surface area contributed by atoms with Crippen LogP contribution in [-0.2, 0) is 28.6 Å². The van der Waals surface area contributed by atoms with E-state index in [1.54, 1.807) is 0 Å². The van der Waals surface area contributed by atoms with E-state index in [9.17, 15) is 14.4 Å². The van der Waals surface area contributed by atoms with Crippen LogP contribution in [0.4, 0.5) is 0 Å². The summed E-state index contributed by atoms with van der Waals surface area (Å²) < 4.78 is 16.8. The topological polar surface area (TPSA) is 78.9 Å². The lowest BCUT2D eigenvalue weighted by Crippen LogP contribution is -2.30. The van der Waals surface area contributed by atoms with Crippen LogP contribution in [0.15, 0.2) is 0 Å². The lowest BCUT2D eigenvalue weighted by atomic mass is 10.0. The Morgan fingerprint density at radius 3 is 0.803 bits per heavy atom. The van der Waals surface area contributed by atoms with Crippen LogP contribution in [-0.4, -0.2) is 37.2 Å². The first kappa shape index (κ1) is 59.4. The van der Waals surface area contributed by atoms with Crippen molar-refractivity contribution < 1.29 is 28.6 Å². The van der Waals surface area contributed by atoms with E-state index in [-0.39, 0.29) is 31.1 Å². The molecule has 6 nitrogen and oxygen atoms in total. The zero-order valence-corrected chi connectivity index (χ0v) is 41.8. The highest BCUT2D eigenvalue weighted by atomic mass is 16.6. The van der Waals surface area contributed by atoms with Gasteiger partial charge in [0.2, 0.25) is 0 Å². The summed E-state index contributed by atoms with van der Waals surface area (Å²) in [5, 5.41) is 0. The summed E-state index contributed by atoms with van der Waals surface area (Å²) in [4.78, 5) is 37.9. The molecule has 0 aliphatic carbocycles. The van der Waals surface area contributed by atoms with E-state index >= 15 is 0 Å². The van der Waals surface area contributed by atoms with Gasteiger partial charge < -0.3 is 14.2 Å². The summed E-state index contributed by atoms with van der Waals surface area (Å²) in [7, 11) is 0. The van der Waals surface area contributed by atoms with Crippen molar-refractivity contribution in [3.05, 3.63) is 0 Å². The second-order valence-electron chi connectivity index (χ2n) is 19.8. The van der Waals surface area contributed by atoms with Crippen LogP contribution >= 0.6 is 0 Å². The lowest BCUT2D eigenvalue weighted by Gasteiger charge is -2.18. The van der Waals surface area contributed by atoms with Crippen molar-refractivity contribution in [2.75, 3.05) is 13.2 Å². The predicted molar refractivity (Wildman–Crippen MR) is 261 cm³/mol. The van der Waals surface area contributed by atoms with Crippen LogP contribution in [0.5, 0.6) is 0 Å². The van der Waals surface area contributed by atoms with Crippen molar-refractivity contribution in [3.8, 4) is 0 Å². The first-order valence-electron chi connectivity index (χ1n) is 27.2. The van der Waals surface area contributed by atoms with Crippen molar-refractivity contribution in [1.82, 2.24) is 0 Å². The molecule has 0 radical (unpaired) electrons. The van der Waals surface area contributed by atoms with E-state index in [1.807, 2.05) is 0 Å². The Kier molecular flexibility index (Phi) is 46.6. The molecule has 0 N–H and O–H groups in total. The second-order valence-corrected chi connectivity index (χ2v) is 19.8. The van der Waals surface area contributed by atoms with Gasteiger partial charge in [-0.2, -0.15) is 0 Å². The Labute approximate surface area is 380 Å². The fourth-order valence-corrected chi connectivity index (χ4v) is 8.34. The maximum Gasteiger partial charge on any atom is 0.306 e. The number of carbonyl (C=O) groups excluding carboxylic acids is 3. The molecule has 0 rings (SSSR count). The lowest BCUT2D eigenvalue weighted by molar-refractivity contribution is -0.167. The molecule has 1 atom stereocenters. The molecule has 0 heterocycles. The Morgan fingerprint density at radius 2 is 0.541 bits per heavy atom. The summed E-state index contributed by atoms with van der Waals surface area (Å²) in [5.41, 5.74) is 0. The zero-order chi connectivity index (χ0) is 44.7. The monoisotopic (exact) mass is 863 g/mol. The highest BCUT2D eigenvalue weighted by molar-refractivity contribution is 5.71. The van der Waals surface area contributed by atoms with Gasteiger partial charge in [-0.05, 0) is 31.1 Å². The number of ether oxygens (including phenoxy) is 3. The Bertz CT molecular complexity index is 931. The van der Waals surface area contributed by atoms with Gasteiger partial charge in [0.1, 0.15) is 13.2 Å². The van der Waals surface area contributed by atoms with Gasteiger partial charge in [0.15, 0.2) is 6.10 Å². The van der Waals surface area contributed by atoms with Gasteiger partial charge in [-0.3, -0.25) is 14.4 Å². The van der Waals surface area contributed by atoms with E-state index in [0.29, 0.717) is 19.3 Å². The molecule has 0 aromatic carbocycles. The average molecular weight is 863 g/mol. The third-order valence-corrected chi connectivity index (χ3v) is 12.5. The molecule has 0 bridgehead atoms. The molecule has 0 unspecified atom stereocenters. The zero-order valence-electron chi connectivity index (χ0n) is 41.8.